The van der Waals surface area contributed by atoms with Crippen molar-refractivity contribution in [1.82, 2.24) is 15.3 Å². The zero-order valence-electron chi connectivity index (χ0n) is 13.1. The number of rotatable bonds is 4. The van der Waals surface area contributed by atoms with Crippen LogP contribution in [0.25, 0.3) is 0 Å². The fourth-order valence-corrected chi connectivity index (χ4v) is 2.81. The largest absolute Gasteiger partial charge is 0.383 e. The van der Waals surface area contributed by atoms with E-state index < -0.39 is 0 Å². The molecule has 1 aromatic heterocycles. The molecule has 1 unspecified atom stereocenters. The Morgan fingerprint density at radius 1 is 1.43 bits per heavy atom. The highest BCUT2D eigenvalue weighted by molar-refractivity contribution is 5.85. The molecular weight excluding hydrogens is 266 g/mol. The van der Waals surface area contributed by atoms with Gasteiger partial charge in [-0.1, -0.05) is 6.92 Å². The lowest BCUT2D eigenvalue weighted by Crippen LogP contribution is -2.49. The Hall–Kier alpha value is -1.85. The first kappa shape index (κ1) is 15.5. The van der Waals surface area contributed by atoms with Crippen molar-refractivity contribution < 1.29 is 4.79 Å². The minimum absolute atomic E-state index is 0.0447. The maximum absolute atomic E-state index is 12.1. The summed E-state index contributed by atoms with van der Waals surface area (Å²) in [7, 11) is 1.68. The van der Waals surface area contributed by atoms with Crippen LogP contribution in [0.5, 0.6) is 0 Å². The average Bonchev–Trinajstić information content (AvgIpc) is 2.50. The van der Waals surface area contributed by atoms with Gasteiger partial charge in [-0.2, -0.15) is 0 Å². The van der Waals surface area contributed by atoms with Crippen molar-refractivity contribution in [2.24, 2.45) is 0 Å². The molecule has 21 heavy (non-hydrogen) atoms. The number of piperidine rings is 1. The summed E-state index contributed by atoms with van der Waals surface area (Å²) in [5, 5.41) is 2.75. The molecule has 0 aliphatic carbocycles. The molecule has 0 aromatic carbocycles. The lowest BCUT2D eigenvalue weighted by Gasteiger charge is -2.36. The van der Waals surface area contributed by atoms with E-state index in [9.17, 15) is 4.79 Å². The molecule has 0 spiro atoms. The molecule has 6 nitrogen and oxygen atoms in total. The van der Waals surface area contributed by atoms with Crippen LogP contribution in [-0.2, 0) is 11.2 Å². The van der Waals surface area contributed by atoms with E-state index in [1.807, 2.05) is 6.92 Å². The van der Waals surface area contributed by atoms with Crippen LogP contribution in [0.1, 0.15) is 44.0 Å². The molecule has 1 amide bonds. The van der Waals surface area contributed by atoms with Crippen molar-refractivity contribution in [1.29, 1.82) is 0 Å². The van der Waals surface area contributed by atoms with Gasteiger partial charge in [0.15, 0.2) is 0 Å². The molecule has 2 heterocycles. The van der Waals surface area contributed by atoms with E-state index in [0.717, 1.165) is 55.9 Å². The van der Waals surface area contributed by atoms with Crippen molar-refractivity contribution in [3.63, 3.8) is 0 Å². The molecule has 1 atom stereocenters. The van der Waals surface area contributed by atoms with E-state index in [0.29, 0.717) is 5.82 Å². The minimum Gasteiger partial charge on any atom is -0.383 e. The Labute approximate surface area is 126 Å². The Morgan fingerprint density at radius 2 is 2.19 bits per heavy atom. The number of likely N-dealkylation sites (N-methyl/N-ethyl adjacent to an activating group) is 1. The summed E-state index contributed by atoms with van der Waals surface area (Å²) in [5.74, 6) is 2.14. The first-order valence-electron chi connectivity index (χ1n) is 7.69. The summed E-state index contributed by atoms with van der Waals surface area (Å²) in [6.45, 7) is 4.85. The van der Waals surface area contributed by atoms with Gasteiger partial charge in [-0.05, 0) is 32.6 Å². The molecule has 6 heteroatoms. The predicted octanol–water partition coefficient (Wildman–Crippen LogP) is 1.42. The highest BCUT2D eigenvalue weighted by Crippen LogP contribution is 2.28. The van der Waals surface area contributed by atoms with Gasteiger partial charge >= 0.3 is 0 Å². The first-order valence-corrected chi connectivity index (χ1v) is 7.69. The molecule has 1 saturated heterocycles. The molecule has 1 aliphatic rings. The van der Waals surface area contributed by atoms with Gasteiger partial charge in [0.25, 0.3) is 0 Å². The van der Waals surface area contributed by atoms with Gasteiger partial charge in [-0.3, -0.25) is 4.79 Å². The van der Waals surface area contributed by atoms with Crippen LogP contribution in [0.3, 0.4) is 0 Å². The van der Waals surface area contributed by atoms with E-state index in [1.54, 1.807) is 7.05 Å². The number of aryl methyl sites for hydroxylation is 1. The molecule has 0 saturated carbocycles. The van der Waals surface area contributed by atoms with Crippen LogP contribution in [0.2, 0.25) is 0 Å². The van der Waals surface area contributed by atoms with Crippen LogP contribution in [0.15, 0.2) is 0 Å². The Balaban J connectivity index is 2.39. The predicted molar refractivity (Wildman–Crippen MR) is 84.2 cm³/mol. The summed E-state index contributed by atoms with van der Waals surface area (Å²) < 4.78 is 0. The monoisotopic (exact) mass is 291 g/mol. The molecular formula is C15H25N5O. The molecule has 3 N–H and O–H groups in total. The van der Waals surface area contributed by atoms with E-state index in [-0.39, 0.29) is 11.9 Å². The molecule has 0 radical (unpaired) electrons. The number of aromatic nitrogens is 2. The molecule has 1 fully saturated rings. The van der Waals surface area contributed by atoms with Crippen molar-refractivity contribution in [3.05, 3.63) is 11.4 Å². The van der Waals surface area contributed by atoms with Crippen LogP contribution in [-0.4, -0.2) is 35.5 Å². The average molecular weight is 291 g/mol. The SMILES string of the molecule is CCCc1nc(N)c(C)c(N2CCCCC2C(=O)NC)n1. The maximum Gasteiger partial charge on any atom is 0.242 e. The van der Waals surface area contributed by atoms with Gasteiger partial charge in [0.2, 0.25) is 5.91 Å². The number of amides is 1. The topological polar surface area (TPSA) is 84.1 Å². The third kappa shape index (κ3) is 3.25. The highest BCUT2D eigenvalue weighted by atomic mass is 16.2. The minimum atomic E-state index is -0.161. The smallest absolute Gasteiger partial charge is 0.242 e. The fourth-order valence-electron chi connectivity index (χ4n) is 2.81. The number of nitrogens with zero attached hydrogens (tertiary/aromatic N) is 3. The van der Waals surface area contributed by atoms with Gasteiger partial charge in [-0.15, -0.1) is 0 Å². The number of nitrogens with two attached hydrogens (primary N) is 1. The van der Waals surface area contributed by atoms with Gasteiger partial charge in [0.1, 0.15) is 23.5 Å². The summed E-state index contributed by atoms with van der Waals surface area (Å²) in [6.07, 6.45) is 4.76. The van der Waals surface area contributed by atoms with Gasteiger partial charge < -0.3 is 16.0 Å². The third-order valence-corrected chi connectivity index (χ3v) is 4.00. The number of nitrogens with one attached hydrogen (secondary N) is 1. The quantitative estimate of drug-likeness (QED) is 0.876. The van der Waals surface area contributed by atoms with Gasteiger partial charge in [-0.25, -0.2) is 9.97 Å². The molecule has 0 bridgehead atoms. The number of carbonyl (C=O) groups excluding carboxylic acids is 1. The molecule has 1 aliphatic heterocycles. The Morgan fingerprint density at radius 3 is 2.86 bits per heavy atom. The summed E-state index contributed by atoms with van der Waals surface area (Å²) in [4.78, 5) is 23.2. The van der Waals surface area contributed by atoms with E-state index >= 15 is 0 Å². The Bertz CT molecular complexity index is 517. The molecule has 116 valence electrons. The fraction of sp³-hybridized carbons (Fsp3) is 0.667. The van der Waals surface area contributed by atoms with E-state index in [2.05, 4.69) is 27.1 Å². The van der Waals surface area contributed by atoms with Crippen molar-refractivity contribution in [2.75, 3.05) is 24.2 Å². The number of hydrogen-bond acceptors (Lipinski definition) is 5. The second-order valence-electron chi connectivity index (χ2n) is 5.54. The van der Waals surface area contributed by atoms with E-state index in [4.69, 9.17) is 5.73 Å². The number of nitrogen functional groups attached to an aromatic ring is 1. The van der Waals surface area contributed by atoms with Gasteiger partial charge in [0.05, 0.1) is 0 Å². The van der Waals surface area contributed by atoms with Crippen molar-refractivity contribution in [3.8, 4) is 0 Å². The zero-order valence-corrected chi connectivity index (χ0v) is 13.1. The van der Waals surface area contributed by atoms with Crippen LogP contribution in [0, 0.1) is 6.92 Å². The third-order valence-electron chi connectivity index (χ3n) is 4.00. The number of carbonyl (C=O) groups is 1. The van der Waals surface area contributed by atoms with Crippen molar-refractivity contribution in [2.45, 2.75) is 52.0 Å². The lowest BCUT2D eigenvalue weighted by molar-refractivity contribution is -0.122. The molecule has 2 rings (SSSR count). The van der Waals surface area contributed by atoms with Crippen LogP contribution >= 0.6 is 0 Å². The standard InChI is InChI=1S/C15H25N5O/c1-4-7-12-18-13(16)10(2)14(19-12)20-9-6-5-8-11(20)15(21)17-3/h11H,4-9H2,1-3H3,(H,17,21)(H2,16,18,19). The Kier molecular flexibility index (Phi) is 4.98. The second-order valence-corrected chi connectivity index (χ2v) is 5.54. The lowest BCUT2D eigenvalue weighted by atomic mass is 10.0. The second kappa shape index (κ2) is 6.74. The maximum atomic E-state index is 12.1. The first-order chi connectivity index (χ1) is 10.1. The number of hydrogen-bond donors (Lipinski definition) is 2. The normalized spacial score (nSPS) is 18.6. The van der Waals surface area contributed by atoms with Crippen LogP contribution in [0.4, 0.5) is 11.6 Å². The van der Waals surface area contributed by atoms with Gasteiger partial charge in [0, 0.05) is 25.6 Å². The summed E-state index contributed by atoms with van der Waals surface area (Å²) >= 11 is 0. The molecule has 1 aromatic rings. The van der Waals surface area contributed by atoms with E-state index in [1.165, 1.54) is 0 Å². The zero-order chi connectivity index (χ0) is 15.4. The summed E-state index contributed by atoms with van der Waals surface area (Å²) in [5.41, 5.74) is 6.90. The summed E-state index contributed by atoms with van der Waals surface area (Å²) in [6, 6.07) is -0.161. The van der Waals surface area contributed by atoms with Crippen molar-refractivity contribution >= 4 is 17.5 Å². The highest BCUT2D eigenvalue weighted by Gasteiger charge is 2.30. The number of anilines is 2. The van der Waals surface area contributed by atoms with Crippen LogP contribution < -0.4 is 16.0 Å².